The molecule has 2 heterocycles. The molecule has 3 aliphatic rings. The van der Waals surface area contributed by atoms with Gasteiger partial charge in [-0.2, -0.15) is 0 Å². The van der Waals surface area contributed by atoms with Gasteiger partial charge in [-0.1, -0.05) is 12.0 Å². The van der Waals surface area contributed by atoms with Crippen molar-refractivity contribution in [1.29, 1.82) is 0 Å². The second-order valence-corrected chi connectivity index (χ2v) is 10.0. The maximum Gasteiger partial charge on any atom is 0.259 e. The number of halogens is 1. The minimum absolute atomic E-state index is 0.0713. The van der Waals surface area contributed by atoms with Crippen LogP contribution in [0.5, 0.6) is 0 Å². The highest BCUT2D eigenvalue weighted by molar-refractivity contribution is 6.03. The topological polar surface area (TPSA) is 102 Å². The first-order valence-corrected chi connectivity index (χ1v) is 11.8. The molecule has 0 radical (unpaired) electrons. The number of hydrogen-bond donors (Lipinski definition) is 3. The maximum atomic E-state index is 14.9. The van der Waals surface area contributed by atoms with E-state index >= 15 is 0 Å². The summed E-state index contributed by atoms with van der Waals surface area (Å²) < 4.78 is 14.9. The highest BCUT2D eigenvalue weighted by atomic mass is 19.1. The van der Waals surface area contributed by atoms with E-state index in [0.29, 0.717) is 16.9 Å². The van der Waals surface area contributed by atoms with E-state index in [2.05, 4.69) is 11.2 Å². The molecule has 4 N–H and O–H groups in total. The fourth-order valence-electron chi connectivity index (χ4n) is 5.20. The molecule has 2 amide bonds. The molecular weight excluding hydrogens is 461 g/mol. The molecule has 5 rings (SSSR count). The summed E-state index contributed by atoms with van der Waals surface area (Å²) in [4.78, 5) is 32.1. The van der Waals surface area contributed by atoms with Gasteiger partial charge in [-0.05, 0) is 63.1 Å². The molecule has 36 heavy (non-hydrogen) atoms. The van der Waals surface area contributed by atoms with Crippen LogP contribution in [0.1, 0.15) is 32.3 Å². The van der Waals surface area contributed by atoms with Crippen LogP contribution in [0, 0.1) is 23.6 Å². The van der Waals surface area contributed by atoms with Crippen molar-refractivity contribution in [1.82, 2.24) is 9.80 Å². The van der Waals surface area contributed by atoms with Crippen LogP contribution < -0.4 is 16.0 Å². The van der Waals surface area contributed by atoms with E-state index in [1.807, 2.05) is 0 Å². The SMILES string of the molecule is C#Cc1ccc(NC2=C3C(=O)N(C4CC4)C(O)N(c4cccc(N)c4)C3C(C)(C)C(=O)N2C)c(F)c1. The maximum absolute atomic E-state index is 14.9. The van der Waals surface area contributed by atoms with Crippen LogP contribution >= 0.6 is 0 Å². The molecule has 0 aromatic heterocycles. The van der Waals surface area contributed by atoms with Gasteiger partial charge < -0.3 is 26.0 Å². The van der Waals surface area contributed by atoms with Crippen LogP contribution in [0.25, 0.3) is 0 Å². The van der Waals surface area contributed by atoms with Crippen molar-refractivity contribution >= 4 is 28.9 Å². The van der Waals surface area contributed by atoms with Crippen molar-refractivity contribution in [3.05, 3.63) is 65.2 Å². The minimum Gasteiger partial charge on any atom is -0.399 e. The number of amides is 2. The summed E-state index contributed by atoms with van der Waals surface area (Å²) in [5, 5.41) is 14.5. The lowest BCUT2D eigenvalue weighted by molar-refractivity contribution is -0.150. The van der Waals surface area contributed by atoms with Gasteiger partial charge in [0.1, 0.15) is 11.6 Å². The zero-order valence-corrected chi connectivity index (χ0v) is 20.3. The third kappa shape index (κ3) is 3.57. The van der Waals surface area contributed by atoms with Crippen molar-refractivity contribution in [2.45, 2.75) is 45.1 Å². The van der Waals surface area contributed by atoms with E-state index in [4.69, 9.17) is 12.2 Å². The molecule has 2 unspecified atom stereocenters. The summed E-state index contributed by atoms with van der Waals surface area (Å²) in [6.45, 7) is 3.48. The zero-order valence-electron chi connectivity index (χ0n) is 20.3. The molecule has 2 aromatic carbocycles. The van der Waals surface area contributed by atoms with Gasteiger partial charge in [0.15, 0.2) is 0 Å². The minimum atomic E-state index is -1.30. The predicted molar refractivity (Wildman–Crippen MR) is 135 cm³/mol. The smallest absolute Gasteiger partial charge is 0.259 e. The summed E-state index contributed by atoms with van der Waals surface area (Å²) in [7, 11) is 1.55. The lowest BCUT2D eigenvalue weighted by Crippen LogP contribution is -2.70. The van der Waals surface area contributed by atoms with Crippen LogP contribution in [0.4, 0.5) is 21.5 Å². The van der Waals surface area contributed by atoms with Gasteiger partial charge in [0, 0.05) is 30.0 Å². The normalized spacial score (nSPS) is 23.5. The van der Waals surface area contributed by atoms with Crippen LogP contribution in [0.15, 0.2) is 53.9 Å². The molecule has 9 heteroatoms. The number of nitrogen functional groups attached to an aromatic ring is 1. The molecule has 0 bridgehead atoms. The fraction of sp³-hybridized carbons (Fsp3) is 0.333. The van der Waals surface area contributed by atoms with Gasteiger partial charge in [-0.25, -0.2) is 4.39 Å². The Morgan fingerprint density at radius 3 is 2.50 bits per heavy atom. The van der Waals surface area contributed by atoms with E-state index in [1.165, 1.54) is 21.9 Å². The van der Waals surface area contributed by atoms with Gasteiger partial charge >= 0.3 is 0 Å². The summed E-state index contributed by atoms with van der Waals surface area (Å²) in [5.41, 5.74) is 6.69. The van der Waals surface area contributed by atoms with E-state index in [0.717, 1.165) is 12.8 Å². The zero-order chi connectivity index (χ0) is 25.9. The van der Waals surface area contributed by atoms with Crippen molar-refractivity contribution in [2.75, 3.05) is 23.0 Å². The number of nitrogens with two attached hydrogens (primary N) is 1. The molecule has 2 aliphatic heterocycles. The number of hydrogen-bond acceptors (Lipinski definition) is 6. The van der Waals surface area contributed by atoms with E-state index in [9.17, 15) is 19.1 Å². The predicted octanol–water partition coefficient (Wildman–Crippen LogP) is 2.67. The molecule has 8 nitrogen and oxygen atoms in total. The molecule has 186 valence electrons. The number of anilines is 3. The average molecular weight is 490 g/mol. The number of nitrogens with zero attached hydrogens (tertiary/aromatic N) is 3. The lowest BCUT2D eigenvalue weighted by atomic mass is 9.73. The van der Waals surface area contributed by atoms with E-state index in [1.54, 1.807) is 56.1 Å². The molecule has 2 aromatic rings. The van der Waals surface area contributed by atoms with E-state index in [-0.39, 0.29) is 29.0 Å². The Bertz CT molecular complexity index is 1340. The number of aliphatic hydroxyl groups excluding tert-OH is 1. The molecule has 2 fully saturated rings. The molecule has 2 atom stereocenters. The Labute approximate surface area is 209 Å². The van der Waals surface area contributed by atoms with Gasteiger partial charge in [-0.15, -0.1) is 6.42 Å². The monoisotopic (exact) mass is 489 g/mol. The van der Waals surface area contributed by atoms with Crippen molar-refractivity contribution < 1.29 is 19.1 Å². The van der Waals surface area contributed by atoms with Crippen molar-refractivity contribution in [3.8, 4) is 12.3 Å². The van der Waals surface area contributed by atoms with Crippen molar-refractivity contribution in [2.24, 2.45) is 5.41 Å². The Morgan fingerprint density at radius 2 is 1.89 bits per heavy atom. The Kier molecular flexibility index (Phi) is 5.45. The standard InChI is InChI=1S/C27H28FN5O3/c1-5-15-9-12-20(19(28)13-15)30-23-21-22(27(2,3)25(35)31(23)4)32(18-8-6-7-16(29)14-18)26(36)33(24(21)34)17-10-11-17/h1,6-9,12-14,17,22,26,30,36H,10-11,29H2,2-4H3. The summed E-state index contributed by atoms with van der Waals surface area (Å²) >= 11 is 0. The molecular formula is C27H28FN5O3. The van der Waals surface area contributed by atoms with Gasteiger partial charge in [0.25, 0.3) is 5.91 Å². The number of terminal acetylenes is 1. The van der Waals surface area contributed by atoms with Crippen LogP contribution in [0.3, 0.4) is 0 Å². The summed E-state index contributed by atoms with van der Waals surface area (Å²) in [6, 6.07) is 10.2. The van der Waals surface area contributed by atoms with Gasteiger partial charge in [0.05, 0.1) is 22.7 Å². The number of carbonyl (C=O) groups excluding carboxylic acids is 2. The number of benzene rings is 2. The Balaban J connectivity index is 1.73. The number of nitrogens with one attached hydrogen (secondary N) is 1. The van der Waals surface area contributed by atoms with Crippen LogP contribution in [0.2, 0.25) is 0 Å². The lowest BCUT2D eigenvalue weighted by Gasteiger charge is -2.55. The average Bonchev–Trinajstić information content (AvgIpc) is 3.67. The second-order valence-electron chi connectivity index (χ2n) is 10.0. The van der Waals surface area contributed by atoms with Gasteiger partial charge in [0.2, 0.25) is 12.3 Å². The second kappa shape index (κ2) is 8.28. The molecule has 0 spiro atoms. The molecule has 1 saturated heterocycles. The highest BCUT2D eigenvalue weighted by Crippen LogP contribution is 2.47. The number of fused-ring (bicyclic) bond motifs is 1. The number of aliphatic hydroxyl groups is 1. The van der Waals surface area contributed by atoms with Crippen molar-refractivity contribution in [3.63, 3.8) is 0 Å². The third-order valence-corrected chi connectivity index (χ3v) is 7.14. The van der Waals surface area contributed by atoms with Gasteiger partial charge in [-0.3, -0.25) is 14.5 Å². The number of carbonyl (C=O) groups is 2. The summed E-state index contributed by atoms with van der Waals surface area (Å²) in [5.74, 6) is 1.24. The number of rotatable bonds is 4. The third-order valence-electron chi connectivity index (χ3n) is 7.14. The fourth-order valence-corrected chi connectivity index (χ4v) is 5.20. The first-order valence-electron chi connectivity index (χ1n) is 11.8. The Morgan fingerprint density at radius 1 is 1.17 bits per heavy atom. The quantitative estimate of drug-likeness (QED) is 0.451. The highest BCUT2D eigenvalue weighted by Gasteiger charge is 2.59. The molecule has 1 saturated carbocycles. The Hall–Kier alpha value is -4.03. The first kappa shape index (κ1) is 23.7. The summed E-state index contributed by atoms with van der Waals surface area (Å²) in [6.07, 6.45) is 5.60. The largest absolute Gasteiger partial charge is 0.399 e. The van der Waals surface area contributed by atoms with E-state index < -0.39 is 29.5 Å². The molecule has 1 aliphatic carbocycles. The first-order chi connectivity index (χ1) is 17.1. The van der Waals surface area contributed by atoms with Crippen LogP contribution in [-0.4, -0.2) is 52.2 Å². The van der Waals surface area contributed by atoms with Crippen LogP contribution in [-0.2, 0) is 9.59 Å².